The molecule has 2 saturated heterocycles. The van der Waals surface area contributed by atoms with E-state index in [0.717, 1.165) is 52.4 Å². The number of amides is 1. The van der Waals surface area contributed by atoms with Gasteiger partial charge in [0.05, 0.1) is 13.2 Å². The van der Waals surface area contributed by atoms with Gasteiger partial charge in [-0.25, -0.2) is 0 Å². The van der Waals surface area contributed by atoms with Gasteiger partial charge in [-0.05, 0) is 19.4 Å². The van der Waals surface area contributed by atoms with E-state index in [2.05, 4.69) is 10.2 Å². The number of nitrogens with one attached hydrogen (secondary N) is 1. The van der Waals surface area contributed by atoms with Gasteiger partial charge in [0.2, 0.25) is 5.91 Å². The first-order valence-corrected chi connectivity index (χ1v) is 6.50. The van der Waals surface area contributed by atoms with Gasteiger partial charge in [0.25, 0.3) is 0 Å². The zero-order valence-corrected chi connectivity index (χ0v) is 10.7. The van der Waals surface area contributed by atoms with Crippen LogP contribution in [0.15, 0.2) is 0 Å². The first kappa shape index (κ1) is 12.8. The summed E-state index contributed by atoms with van der Waals surface area (Å²) in [4.78, 5) is 16.1. The second-order valence-electron chi connectivity index (χ2n) is 5.06. The van der Waals surface area contributed by atoms with Gasteiger partial charge >= 0.3 is 0 Å². The fourth-order valence-corrected chi connectivity index (χ4v) is 2.48. The van der Waals surface area contributed by atoms with Crippen molar-refractivity contribution in [2.24, 2.45) is 5.92 Å². The number of carbonyl (C=O) groups is 1. The molecule has 5 nitrogen and oxygen atoms in total. The quantitative estimate of drug-likeness (QED) is 0.713. The Hall–Kier alpha value is -0.650. The van der Waals surface area contributed by atoms with Crippen molar-refractivity contribution >= 4 is 5.91 Å². The smallest absolute Gasteiger partial charge is 0.236 e. The largest absolute Gasteiger partial charge is 0.381 e. The number of likely N-dealkylation sites (N-methyl/N-ethyl adjacent to an activating group) is 1. The van der Waals surface area contributed by atoms with E-state index < -0.39 is 0 Å². The van der Waals surface area contributed by atoms with E-state index in [4.69, 9.17) is 4.74 Å². The summed E-state index contributed by atoms with van der Waals surface area (Å²) in [5.74, 6) is 0.865. The first-order chi connectivity index (χ1) is 8.25. The van der Waals surface area contributed by atoms with Crippen molar-refractivity contribution in [3.63, 3.8) is 0 Å². The number of piperazine rings is 1. The predicted molar refractivity (Wildman–Crippen MR) is 65.9 cm³/mol. The second kappa shape index (κ2) is 6.33. The molecule has 0 radical (unpaired) electrons. The van der Waals surface area contributed by atoms with Gasteiger partial charge in [-0.1, -0.05) is 0 Å². The van der Waals surface area contributed by atoms with E-state index >= 15 is 0 Å². The number of nitrogens with zero attached hydrogens (tertiary/aromatic N) is 2. The number of ether oxygens (including phenoxy) is 1. The summed E-state index contributed by atoms with van der Waals surface area (Å²) in [6, 6.07) is 0. The van der Waals surface area contributed by atoms with Crippen LogP contribution in [0.2, 0.25) is 0 Å². The van der Waals surface area contributed by atoms with Crippen LogP contribution < -0.4 is 5.32 Å². The molecule has 0 saturated carbocycles. The molecule has 2 fully saturated rings. The summed E-state index contributed by atoms with van der Waals surface area (Å²) in [5, 5.41) is 3.26. The minimum absolute atomic E-state index is 0.257. The third-order valence-corrected chi connectivity index (χ3v) is 3.47. The second-order valence-corrected chi connectivity index (χ2v) is 5.06. The lowest BCUT2D eigenvalue weighted by atomic mass is 10.1. The summed E-state index contributed by atoms with van der Waals surface area (Å²) >= 11 is 0. The lowest BCUT2D eigenvalue weighted by Gasteiger charge is -2.29. The van der Waals surface area contributed by atoms with Crippen LogP contribution >= 0.6 is 0 Å². The monoisotopic (exact) mass is 241 g/mol. The van der Waals surface area contributed by atoms with E-state index in [1.165, 1.54) is 0 Å². The third kappa shape index (κ3) is 3.94. The summed E-state index contributed by atoms with van der Waals surface area (Å²) in [6.07, 6.45) is 1.13. The van der Waals surface area contributed by atoms with Crippen molar-refractivity contribution in [1.82, 2.24) is 15.1 Å². The molecule has 2 aliphatic rings. The highest BCUT2D eigenvalue weighted by Crippen LogP contribution is 2.13. The molecule has 5 heteroatoms. The lowest BCUT2D eigenvalue weighted by Crippen LogP contribution is -2.49. The molecule has 0 aliphatic carbocycles. The molecule has 2 aliphatic heterocycles. The van der Waals surface area contributed by atoms with Gasteiger partial charge in [-0.2, -0.15) is 0 Å². The maximum absolute atomic E-state index is 12.0. The Morgan fingerprint density at radius 2 is 2.24 bits per heavy atom. The third-order valence-electron chi connectivity index (χ3n) is 3.47. The standard InChI is InChI=1S/C12H23N3O2/c1-14(8-11-2-7-17-10-11)9-12(16)15-5-3-13-4-6-15/h11,13H,2-10H2,1H3. The Kier molecular flexibility index (Phi) is 4.76. The van der Waals surface area contributed by atoms with E-state index in [1.54, 1.807) is 0 Å². The molecule has 2 rings (SSSR count). The summed E-state index contributed by atoms with van der Waals surface area (Å²) in [6.45, 7) is 6.78. The highest BCUT2D eigenvalue weighted by atomic mass is 16.5. The number of hydrogen-bond acceptors (Lipinski definition) is 4. The van der Waals surface area contributed by atoms with Crippen molar-refractivity contribution in [1.29, 1.82) is 0 Å². The van der Waals surface area contributed by atoms with Crippen LogP contribution in [0.3, 0.4) is 0 Å². The molecule has 0 aromatic rings. The maximum atomic E-state index is 12.0. The van der Waals surface area contributed by atoms with Crippen LogP contribution in [0.1, 0.15) is 6.42 Å². The molecule has 0 spiro atoms. The van der Waals surface area contributed by atoms with Gasteiger partial charge in [0, 0.05) is 39.3 Å². The Morgan fingerprint density at radius 1 is 1.47 bits per heavy atom. The number of carbonyl (C=O) groups excluding carboxylic acids is 1. The van der Waals surface area contributed by atoms with Crippen molar-refractivity contribution in [2.75, 3.05) is 59.5 Å². The molecule has 0 aromatic carbocycles. The molecule has 0 bridgehead atoms. The topological polar surface area (TPSA) is 44.8 Å². The number of hydrogen-bond donors (Lipinski definition) is 1. The summed E-state index contributed by atoms with van der Waals surface area (Å²) < 4.78 is 5.35. The Balaban J connectivity index is 1.69. The molecule has 17 heavy (non-hydrogen) atoms. The van der Waals surface area contributed by atoms with Crippen molar-refractivity contribution in [2.45, 2.75) is 6.42 Å². The molecular weight excluding hydrogens is 218 g/mol. The number of rotatable bonds is 4. The average molecular weight is 241 g/mol. The lowest BCUT2D eigenvalue weighted by molar-refractivity contribution is -0.132. The SMILES string of the molecule is CN(CC(=O)N1CCNCC1)CC1CCOC1. The molecule has 1 atom stereocenters. The minimum atomic E-state index is 0.257. The van der Waals surface area contributed by atoms with Gasteiger partial charge < -0.3 is 15.0 Å². The maximum Gasteiger partial charge on any atom is 0.236 e. The normalized spacial score (nSPS) is 25.5. The van der Waals surface area contributed by atoms with Gasteiger partial charge in [-0.15, -0.1) is 0 Å². The fraction of sp³-hybridized carbons (Fsp3) is 0.917. The average Bonchev–Trinajstić information content (AvgIpc) is 2.82. The minimum Gasteiger partial charge on any atom is -0.381 e. The van der Waals surface area contributed by atoms with Crippen molar-refractivity contribution < 1.29 is 9.53 Å². The van der Waals surface area contributed by atoms with Gasteiger partial charge in [-0.3, -0.25) is 9.69 Å². The first-order valence-electron chi connectivity index (χ1n) is 6.50. The highest BCUT2D eigenvalue weighted by Gasteiger charge is 2.21. The highest BCUT2D eigenvalue weighted by molar-refractivity contribution is 5.78. The van der Waals surface area contributed by atoms with Crippen LogP contribution in [0.4, 0.5) is 0 Å². The van der Waals surface area contributed by atoms with Crippen molar-refractivity contribution in [3.8, 4) is 0 Å². The van der Waals surface area contributed by atoms with Crippen LogP contribution in [0.5, 0.6) is 0 Å². The molecule has 1 unspecified atom stereocenters. The van der Waals surface area contributed by atoms with Gasteiger partial charge in [0.15, 0.2) is 0 Å². The van der Waals surface area contributed by atoms with Gasteiger partial charge in [0.1, 0.15) is 0 Å². The fourth-order valence-electron chi connectivity index (χ4n) is 2.48. The molecule has 1 N–H and O–H groups in total. The molecule has 98 valence electrons. The van der Waals surface area contributed by atoms with Crippen LogP contribution in [-0.4, -0.2) is 75.2 Å². The van der Waals surface area contributed by atoms with Crippen LogP contribution in [0.25, 0.3) is 0 Å². The van der Waals surface area contributed by atoms with Crippen molar-refractivity contribution in [3.05, 3.63) is 0 Å². The summed E-state index contributed by atoms with van der Waals surface area (Å²) in [5.41, 5.74) is 0. The van der Waals surface area contributed by atoms with Crippen LogP contribution in [-0.2, 0) is 9.53 Å². The molecule has 0 aromatic heterocycles. The Morgan fingerprint density at radius 3 is 2.88 bits per heavy atom. The predicted octanol–water partition coefficient (Wildman–Crippen LogP) is -0.613. The molecule has 1 amide bonds. The van der Waals surface area contributed by atoms with E-state index in [1.807, 2.05) is 11.9 Å². The molecule has 2 heterocycles. The molecular formula is C12H23N3O2. The zero-order valence-electron chi connectivity index (χ0n) is 10.7. The van der Waals surface area contributed by atoms with E-state index in [9.17, 15) is 4.79 Å². The Bertz CT molecular complexity index is 248. The Labute approximate surface area is 103 Å². The van der Waals surface area contributed by atoms with E-state index in [0.29, 0.717) is 12.5 Å². The van der Waals surface area contributed by atoms with E-state index in [-0.39, 0.29) is 5.91 Å². The zero-order chi connectivity index (χ0) is 12.1. The van der Waals surface area contributed by atoms with Crippen LogP contribution in [0, 0.1) is 5.92 Å². The summed E-state index contributed by atoms with van der Waals surface area (Å²) in [7, 11) is 2.03.